The summed E-state index contributed by atoms with van der Waals surface area (Å²) >= 11 is 0. The van der Waals surface area contributed by atoms with Crippen molar-refractivity contribution in [1.82, 2.24) is 0 Å². The molecule has 0 atom stereocenters. The summed E-state index contributed by atoms with van der Waals surface area (Å²) in [5.41, 5.74) is 9.12. The van der Waals surface area contributed by atoms with Crippen molar-refractivity contribution >= 4 is 5.69 Å². The van der Waals surface area contributed by atoms with Crippen LogP contribution in [-0.2, 0) is 6.42 Å². The van der Waals surface area contributed by atoms with Gasteiger partial charge < -0.3 is 10.6 Å². The Morgan fingerprint density at radius 2 is 1.57 bits per heavy atom. The van der Waals surface area contributed by atoms with Crippen LogP contribution in [0.4, 0.5) is 5.69 Å². The quantitative estimate of drug-likeness (QED) is 0.902. The van der Waals surface area contributed by atoms with Crippen LogP contribution in [0, 0.1) is 5.41 Å². The van der Waals surface area contributed by atoms with E-state index in [-0.39, 0.29) is 0 Å². The van der Waals surface area contributed by atoms with E-state index in [0.717, 1.165) is 19.4 Å². The van der Waals surface area contributed by atoms with Crippen LogP contribution in [0.2, 0.25) is 0 Å². The number of piperidine rings is 1. The second kappa shape index (κ2) is 6.83. The number of aryl methyl sites for hydroxylation is 1. The average Bonchev–Trinajstić information content (AvgIpc) is 2.55. The van der Waals surface area contributed by atoms with Crippen LogP contribution in [0.1, 0.15) is 56.9 Å². The van der Waals surface area contributed by atoms with Gasteiger partial charge in [0.2, 0.25) is 0 Å². The molecule has 1 aliphatic heterocycles. The van der Waals surface area contributed by atoms with Gasteiger partial charge in [0.05, 0.1) is 0 Å². The minimum atomic E-state index is 0.704. The number of rotatable bonds is 4. The second-order valence-corrected chi connectivity index (χ2v) is 7.11. The van der Waals surface area contributed by atoms with Crippen molar-refractivity contribution in [3.05, 3.63) is 29.8 Å². The molecule has 0 amide bonds. The fourth-order valence-corrected chi connectivity index (χ4v) is 4.22. The average molecular weight is 286 g/mol. The molecule has 2 fully saturated rings. The molecule has 1 saturated heterocycles. The van der Waals surface area contributed by atoms with Gasteiger partial charge in [0.1, 0.15) is 0 Å². The van der Waals surface area contributed by atoms with Gasteiger partial charge in [0.25, 0.3) is 0 Å². The van der Waals surface area contributed by atoms with Gasteiger partial charge in [-0.2, -0.15) is 0 Å². The lowest BCUT2D eigenvalue weighted by molar-refractivity contribution is 0.144. The van der Waals surface area contributed by atoms with Crippen LogP contribution in [0.5, 0.6) is 0 Å². The molecule has 0 aromatic heterocycles. The zero-order valence-corrected chi connectivity index (χ0v) is 13.3. The molecule has 0 radical (unpaired) electrons. The van der Waals surface area contributed by atoms with E-state index in [4.69, 9.17) is 5.73 Å². The molecular formula is C19H30N2. The fraction of sp³-hybridized carbons (Fsp3) is 0.684. The predicted molar refractivity (Wildman–Crippen MR) is 90.8 cm³/mol. The zero-order chi connectivity index (χ0) is 14.5. The Balaban J connectivity index is 1.56. The predicted octanol–water partition coefficient (Wildman–Crippen LogP) is 4.13. The Kier molecular flexibility index (Phi) is 4.84. The minimum Gasteiger partial charge on any atom is -0.371 e. The van der Waals surface area contributed by atoms with E-state index in [9.17, 15) is 0 Å². The molecule has 1 aromatic carbocycles. The highest BCUT2D eigenvalue weighted by atomic mass is 15.1. The Hall–Kier alpha value is -1.02. The van der Waals surface area contributed by atoms with Gasteiger partial charge >= 0.3 is 0 Å². The lowest BCUT2D eigenvalue weighted by atomic mass is 9.68. The number of hydrogen-bond acceptors (Lipinski definition) is 2. The second-order valence-electron chi connectivity index (χ2n) is 7.11. The Morgan fingerprint density at radius 3 is 2.19 bits per heavy atom. The SMILES string of the molecule is NCCCc1ccc(N2CCC3(CCCCC3)CC2)cc1. The van der Waals surface area contributed by atoms with Gasteiger partial charge in [0.15, 0.2) is 0 Å². The summed E-state index contributed by atoms with van der Waals surface area (Å²) in [5.74, 6) is 0. The normalized spacial score (nSPS) is 21.7. The molecule has 2 N–H and O–H groups in total. The van der Waals surface area contributed by atoms with Crippen molar-refractivity contribution in [3.63, 3.8) is 0 Å². The lowest BCUT2D eigenvalue weighted by Crippen LogP contribution is -2.41. The molecule has 116 valence electrons. The van der Waals surface area contributed by atoms with Gasteiger partial charge in [-0.1, -0.05) is 31.4 Å². The van der Waals surface area contributed by atoms with Crippen molar-refractivity contribution < 1.29 is 0 Å². The maximum atomic E-state index is 5.58. The summed E-state index contributed by atoms with van der Waals surface area (Å²) < 4.78 is 0. The van der Waals surface area contributed by atoms with E-state index >= 15 is 0 Å². The summed E-state index contributed by atoms with van der Waals surface area (Å²) in [5, 5.41) is 0. The number of benzene rings is 1. The van der Waals surface area contributed by atoms with Crippen LogP contribution in [0.3, 0.4) is 0 Å². The van der Waals surface area contributed by atoms with E-state index in [1.807, 2.05) is 0 Å². The number of hydrogen-bond donors (Lipinski definition) is 1. The molecule has 2 heteroatoms. The summed E-state index contributed by atoms with van der Waals surface area (Å²) in [6, 6.07) is 9.20. The van der Waals surface area contributed by atoms with Crippen molar-refractivity contribution in [2.75, 3.05) is 24.5 Å². The highest BCUT2D eigenvalue weighted by Gasteiger charge is 2.35. The smallest absolute Gasteiger partial charge is 0.0366 e. The maximum Gasteiger partial charge on any atom is 0.0366 e. The summed E-state index contributed by atoms with van der Waals surface area (Å²) in [4.78, 5) is 2.59. The molecule has 1 spiro atoms. The van der Waals surface area contributed by atoms with E-state index in [1.165, 1.54) is 69.3 Å². The van der Waals surface area contributed by atoms with Crippen molar-refractivity contribution in [2.24, 2.45) is 11.1 Å². The first-order valence-electron chi connectivity index (χ1n) is 8.85. The molecule has 2 nitrogen and oxygen atoms in total. The third-order valence-corrected chi connectivity index (χ3v) is 5.71. The Bertz CT molecular complexity index is 421. The van der Waals surface area contributed by atoms with E-state index in [0.29, 0.717) is 5.41 Å². The van der Waals surface area contributed by atoms with Crippen LogP contribution in [0.15, 0.2) is 24.3 Å². The molecule has 3 rings (SSSR count). The third-order valence-electron chi connectivity index (χ3n) is 5.71. The van der Waals surface area contributed by atoms with Crippen LogP contribution in [0.25, 0.3) is 0 Å². The Labute approximate surface area is 129 Å². The Morgan fingerprint density at radius 1 is 0.905 bits per heavy atom. The third kappa shape index (κ3) is 3.60. The van der Waals surface area contributed by atoms with Crippen LogP contribution >= 0.6 is 0 Å². The van der Waals surface area contributed by atoms with Gasteiger partial charge in [0, 0.05) is 18.8 Å². The highest BCUT2D eigenvalue weighted by Crippen LogP contribution is 2.45. The lowest BCUT2D eigenvalue weighted by Gasteiger charge is -2.45. The fourth-order valence-electron chi connectivity index (χ4n) is 4.22. The van der Waals surface area contributed by atoms with E-state index < -0.39 is 0 Å². The van der Waals surface area contributed by atoms with Crippen molar-refractivity contribution in [2.45, 2.75) is 57.8 Å². The number of anilines is 1. The molecule has 0 unspecified atom stereocenters. The maximum absolute atomic E-state index is 5.58. The number of nitrogens with zero attached hydrogens (tertiary/aromatic N) is 1. The first-order valence-corrected chi connectivity index (χ1v) is 8.85. The molecular weight excluding hydrogens is 256 g/mol. The largest absolute Gasteiger partial charge is 0.371 e. The van der Waals surface area contributed by atoms with Crippen molar-refractivity contribution in [1.29, 1.82) is 0 Å². The van der Waals surface area contributed by atoms with Gasteiger partial charge in [-0.25, -0.2) is 0 Å². The topological polar surface area (TPSA) is 29.3 Å². The monoisotopic (exact) mass is 286 g/mol. The molecule has 1 aliphatic carbocycles. The molecule has 0 bridgehead atoms. The standard InChI is InChI=1S/C19H30N2/c20-14-4-5-17-6-8-18(9-7-17)21-15-12-19(13-16-21)10-2-1-3-11-19/h6-9H,1-5,10-16,20H2. The zero-order valence-electron chi connectivity index (χ0n) is 13.3. The molecule has 2 aliphatic rings. The molecule has 1 heterocycles. The number of nitrogens with two attached hydrogens (primary N) is 1. The van der Waals surface area contributed by atoms with Gasteiger partial charge in [-0.15, -0.1) is 0 Å². The van der Waals surface area contributed by atoms with Gasteiger partial charge in [-0.3, -0.25) is 0 Å². The summed E-state index contributed by atoms with van der Waals surface area (Å²) in [7, 11) is 0. The van der Waals surface area contributed by atoms with E-state index in [2.05, 4.69) is 29.2 Å². The molecule has 1 aromatic rings. The first-order chi connectivity index (χ1) is 10.3. The summed E-state index contributed by atoms with van der Waals surface area (Å²) in [6.07, 6.45) is 12.4. The van der Waals surface area contributed by atoms with Gasteiger partial charge in [-0.05, 0) is 68.2 Å². The van der Waals surface area contributed by atoms with E-state index in [1.54, 1.807) is 0 Å². The highest BCUT2D eigenvalue weighted by molar-refractivity contribution is 5.48. The van der Waals surface area contributed by atoms with Crippen LogP contribution in [-0.4, -0.2) is 19.6 Å². The minimum absolute atomic E-state index is 0.704. The molecule has 21 heavy (non-hydrogen) atoms. The van der Waals surface area contributed by atoms with Crippen molar-refractivity contribution in [3.8, 4) is 0 Å². The summed E-state index contributed by atoms with van der Waals surface area (Å²) in [6.45, 7) is 3.29. The molecule has 1 saturated carbocycles. The van der Waals surface area contributed by atoms with Crippen LogP contribution < -0.4 is 10.6 Å². The first kappa shape index (κ1) is 14.9.